The quantitative estimate of drug-likeness (QED) is 0.523. The summed E-state index contributed by atoms with van der Waals surface area (Å²) in [4.78, 5) is 16.9. The standard InChI is InChI=1S/C8H10N2OS/c1-10(2)4-3-8(11)7-5-12-6-9-7/h3-6H,1-2H3. The zero-order chi connectivity index (χ0) is 8.97. The van der Waals surface area contributed by atoms with E-state index in [2.05, 4.69) is 4.98 Å². The lowest BCUT2D eigenvalue weighted by molar-refractivity contribution is 0.104. The van der Waals surface area contributed by atoms with Crippen LogP contribution in [-0.2, 0) is 0 Å². The van der Waals surface area contributed by atoms with Crippen molar-refractivity contribution >= 4 is 17.1 Å². The second kappa shape index (κ2) is 4.01. The van der Waals surface area contributed by atoms with Crippen LogP contribution in [0.3, 0.4) is 0 Å². The summed E-state index contributed by atoms with van der Waals surface area (Å²) in [7, 11) is 3.73. The largest absolute Gasteiger partial charge is 0.383 e. The Bertz CT molecular complexity index is 277. The van der Waals surface area contributed by atoms with Gasteiger partial charge in [0.05, 0.1) is 5.51 Å². The molecule has 0 fully saturated rings. The van der Waals surface area contributed by atoms with Crippen LogP contribution in [0.25, 0.3) is 0 Å². The van der Waals surface area contributed by atoms with E-state index in [9.17, 15) is 4.79 Å². The number of carbonyl (C=O) groups is 1. The molecule has 0 aliphatic rings. The molecule has 0 saturated carbocycles. The van der Waals surface area contributed by atoms with Gasteiger partial charge in [0.25, 0.3) is 0 Å². The van der Waals surface area contributed by atoms with Crippen LogP contribution >= 0.6 is 11.3 Å². The van der Waals surface area contributed by atoms with E-state index in [0.717, 1.165) is 0 Å². The summed E-state index contributed by atoms with van der Waals surface area (Å²) in [5, 5.41) is 1.74. The number of carbonyl (C=O) groups excluding carboxylic acids is 1. The van der Waals surface area contributed by atoms with Gasteiger partial charge < -0.3 is 4.90 Å². The predicted molar refractivity (Wildman–Crippen MR) is 49.3 cm³/mol. The maximum atomic E-state index is 11.2. The van der Waals surface area contributed by atoms with Gasteiger partial charge in [-0.2, -0.15) is 0 Å². The first kappa shape index (κ1) is 8.93. The van der Waals surface area contributed by atoms with Crippen LogP contribution in [0.1, 0.15) is 10.5 Å². The second-order valence-corrected chi connectivity index (χ2v) is 3.24. The Morgan fingerprint density at radius 1 is 1.67 bits per heavy atom. The molecular formula is C8H10N2OS. The third-order valence-corrected chi connectivity index (χ3v) is 1.80. The van der Waals surface area contributed by atoms with Crippen LogP contribution in [0.2, 0.25) is 0 Å². The van der Waals surface area contributed by atoms with Crippen LogP contribution < -0.4 is 0 Å². The lowest BCUT2D eigenvalue weighted by Crippen LogP contribution is -2.03. The van der Waals surface area contributed by atoms with Gasteiger partial charge in [-0.15, -0.1) is 11.3 Å². The monoisotopic (exact) mass is 182 g/mol. The van der Waals surface area contributed by atoms with E-state index >= 15 is 0 Å². The molecule has 0 atom stereocenters. The first-order valence-electron chi connectivity index (χ1n) is 3.47. The average molecular weight is 182 g/mol. The molecule has 0 aliphatic heterocycles. The van der Waals surface area contributed by atoms with Gasteiger partial charge in [0.1, 0.15) is 5.69 Å². The van der Waals surface area contributed by atoms with Crippen molar-refractivity contribution in [2.24, 2.45) is 0 Å². The Morgan fingerprint density at radius 3 is 2.92 bits per heavy atom. The van der Waals surface area contributed by atoms with Gasteiger partial charge in [-0.25, -0.2) is 4.98 Å². The number of rotatable bonds is 3. The Morgan fingerprint density at radius 2 is 2.42 bits per heavy atom. The SMILES string of the molecule is CN(C)C=CC(=O)c1cscn1. The number of thiazole rings is 1. The molecule has 0 amide bonds. The Labute approximate surface area is 75.3 Å². The molecule has 1 aromatic rings. The van der Waals surface area contributed by atoms with Crippen LogP contribution in [0.4, 0.5) is 0 Å². The Hall–Kier alpha value is -1.16. The van der Waals surface area contributed by atoms with Crippen molar-refractivity contribution in [2.45, 2.75) is 0 Å². The maximum absolute atomic E-state index is 11.2. The molecule has 3 nitrogen and oxygen atoms in total. The summed E-state index contributed by atoms with van der Waals surface area (Å²) in [6.07, 6.45) is 3.22. The van der Waals surface area contributed by atoms with Gasteiger partial charge in [0.2, 0.25) is 5.78 Å². The van der Waals surface area contributed by atoms with Gasteiger partial charge in [-0.3, -0.25) is 4.79 Å². The summed E-state index contributed by atoms with van der Waals surface area (Å²) < 4.78 is 0. The van der Waals surface area contributed by atoms with Crippen LogP contribution in [0.15, 0.2) is 23.2 Å². The number of ketones is 1. The normalized spacial score (nSPS) is 10.5. The maximum Gasteiger partial charge on any atom is 0.206 e. The summed E-state index contributed by atoms with van der Waals surface area (Å²) in [6.45, 7) is 0. The highest BCUT2D eigenvalue weighted by Gasteiger charge is 2.01. The van der Waals surface area contributed by atoms with Crippen LogP contribution in [0, 0.1) is 0 Å². The van der Waals surface area contributed by atoms with Crippen molar-refractivity contribution in [1.29, 1.82) is 0 Å². The van der Waals surface area contributed by atoms with E-state index in [-0.39, 0.29) is 5.78 Å². The number of hydrogen-bond acceptors (Lipinski definition) is 4. The Kier molecular flexibility index (Phi) is 2.99. The highest BCUT2D eigenvalue weighted by atomic mass is 32.1. The van der Waals surface area contributed by atoms with Gasteiger partial charge in [0, 0.05) is 31.8 Å². The molecule has 64 valence electrons. The second-order valence-electron chi connectivity index (χ2n) is 2.52. The zero-order valence-corrected chi connectivity index (χ0v) is 7.84. The van der Waals surface area contributed by atoms with E-state index in [4.69, 9.17) is 0 Å². The molecule has 1 aromatic heterocycles. The first-order valence-corrected chi connectivity index (χ1v) is 4.41. The average Bonchev–Trinajstić information content (AvgIpc) is 2.51. The molecule has 4 heteroatoms. The number of allylic oxidation sites excluding steroid dienone is 1. The lowest BCUT2D eigenvalue weighted by Gasteiger charge is -2.01. The Balaban J connectivity index is 2.62. The van der Waals surface area contributed by atoms with E-state index in [1.807, 2.05) is 19.0 Å². The highest BCUT2D eigenvalue weighted by molar-refractivity contribution is 7.07. The molecule has 0 aliphatic carbocycles. The molecule has 1 heterocycles. The summed E-state index contributed by atoms with van der Waals surface area (Å²) in [6, 6.07) is 0. The molecule has 0 bridgehead atoms. The van der Waals surface area contributed by atoms with Crippen molar-refractivity contribution in [2.75, 3.05) is 14.1 Å². The molecule has 1 rings (SSSR count). The smallest absolute Gasteiger partial charge is 0.206 e. The zero-order valence-electron chi connectivity index (χ0n) is 7.02. The molecule has 0 aromatic carbocycles. The molecule has 0 N–H and O–H groups in total. The van der Waals surface area contributed by atoms with Crippen molar-refractivity contribution in [1.82, 2.24) is 9.88 Å². The molecule has 0 spiro atoms. The third kappa shape index (κ3) is 2.47. The van der Waals surface area contributed by atoms with Crippen molar-refractivity contribution in [3.05, 3.63) is 28.9 Å². The van der Waals surface area contributed by atoms with E-state index in [0.29, 0.717) is 5.69 Å². The third-order valence-electron chi connectivity index (χ3n) is 1.21. The van der Waals surface area contributed by atoms with Crippen molar-refractivity contribution in [3.63, 3.8) is 0 Å². The van der Waals surface area contributed by atoms with E-state index in [1.54, 1.807) is 17.1 Å². The van der Waals surface area contributed by atoms with Gasteiger partial charge in [-0.1, -0.05) is 0 Å². The van der Waals surface area contributed by atoms with Crippen molar-refractivity contribution in [3.8, 4) is 0 Å². The van der Waals surface area contributed by atoms with Gasteiger partial charge in [-0.05, 0) is 0 Å². The van der Waals surface area contributed by atoms with E-state index < -0.39 is 0 Å². The molecular weight excluding hydrogens is 172 g/mol. The minimum absolute atomic E-state index is 0.0510. The molecule has 0 radical (unpaired) electrons. The minimum atomic E-state index is -0.0510. The lowest BCUT2D eigenvalue weighted by atomic mass is 10.3. The van der Waals surface area contributed by atoms with Gasteiger partial charge in [0.15, 0.2) is 0 Å². The first-order chi connectivity index (χ1) is 5.70. The highest BCUT2D eigenvalue weighted by Crippen LogP contribution is 2.02. The van der Waals surface area contributed by atoms with Crippen molar-refractivity contribution < 1.29 is 4.79 Å². The summed E-state index contributed by atoms with van der Waals surface area (Å²) in [5.74, 6) is -0.0510. The molecule has 0 saturated heterocycles. The number of hydrogen-bond donors (Lipinski definition) is 0. The number of nitrogens with zero attached hydrogens (tertiary/aromatic N) is 2. The van der Waals surface area contributed by atoms with Gasteiger partial charge >= 0.3 is 0 Å². The topological polar surface area (TPSA) is 33.2 Å². The summed E-state index contributed by atoms with van der Waals surface area (Å²) in [5.41, 5.74) is 2.16. The fraction of sp³-hybridized carbons (Fsp3) is 0.250. The van der Waals surface area contributed by atoms with E-state index in [1.165, 1.54) is 17.4 Å². The van der Waals surface area contributed by atoms with Crippen LogP contribution in [0.5, 0.6) is 0 Å². The fourth-order valence-electron chi connectivity index (χ4n) is 0.636. The minimum Gasteiger partial charge on any atom is -0.383 e. The van der Waals surface area contributed by atoms with Crippen LogP contribution in [-0.4, -0.2) is 29.8 Å². The number of aromatic nitrogens is 1. The summed E-state index contributed by atoms with van der Waals surface area (Å²) >= 11 is 1.42. The predicted octanol–water partition coefficient (Wildman–Crippen LogP) is 1.40. The molecule has 0 unspecified atom stereocenters. The fourth-order valence-corrected chi connectivity index (χ4v) is 1.18. The molecule has 12 heavy (non-hydrogen) atoms.